The van der Waals surface area contributed by atoms with E-state index in [0.717, 1.165) is 24.6 Å². The first-order valence-electron chi connectivity index (χ1n) is 5.72. The Bertz CT molecular complexity index is 545. The number of hydrogen-bond acceptors (Lipinski definition) is 2. The molecule has 1 fully saturated rings. The molecular formula is C12H13BrF2O2S. The lowest BCUT2D eigenvalue weighted by molar-refractivity contribution is 0.527. The fraction of sp³-hybridized carbons (Fsp3) is 0.500. The van der Waals surface area contributed by atoms with Crippen LogP contribution in [0.5, 0.6) is 0 Å². The standard InChI is InChI=1S/C12H13BrF2O2S/c13-12(9-7-8(14)4-5-10(9)15)11-3-1-2-6-18(11,16)17/h4-5,7,11-12H,1-3,6H2. The monoisotopic (exact) mass is 338 g/mol. The molecule has 2 rings (SSSR count). The van der Waals surface area contributed by atoms with Gasteiger partial charge in [0, 0.05) is 5.56 Å². The van der Waals surface area contributed by atoms with Crippen LogP contribution in [-0.2, 0) is 9.84 Å². The van der Waals surface area contributed by atoms with Crippen molar-refractivity contribution >= 4 is 25.8 Å². The SMILES string of the molecule is O=S1(=O)CCCCC1C(Br)c1cc(F)ccc1F. The molecule has 0 aromatic heterocycles. The molecule has 0 spiro atoms. The Labute approximate surface area is 113 Å². The number of benzene rings is 1. The Morgan fingerprint density at radius 2 is 2.00 bits per heavy atom. The lowest BCUT2D eigenvalue weighted by Crippen LogP contribution is -2.32. The highest BCUT2D eigenvalue weighted by Crippen LogP contribution is 2.37. The molecule has 2 nitrogen and oxygen atoms in total. The molecule has 0 aliphatic carbocycles. The molecule has 1 aromatic rings. The van der Waals surface area contributed by atoms with E-state index in [-0.39, 0.29) is 11.3 Å². The summed E-state index contributed by atoms with van der Waals surface area (Å²) in [7, 11) is -3.24. The Hall–Kier alpha value is -0.490. The van der Waals surface area contributed by atoms with E-state index in [1.165, 1.54) is 0 Å². The predicted molar refractivity (Wildman–Crippen MR) is 69.5 cm³/mol. The number of hydrogen-bond donors (Lipinski definition) is 0. The Kier molecular flexibility index (Phi) is 4.06. The van der Waals surface area contributed by atoms with E-state index in [1.807, 2.05) is 0 Å². The van der Waals surface area contributed by atoms with Crippen LogP contribution in [0.2, 0.25) is 0 Å². The maximum absolute atomic E-state index is 13.6. The minimum absolute atomic E-state index is 0.0745. The molecule has 1 heterocycles. The van der Waals surface area contributed by atoms with Gasteiger partial charge >= 0.3 is 0 Å². The summed E-state index contributed by atoms with van der Waals surface area (Å²) in [6.45, 7) is 0. The van der Waals surface area contributed by atoms with Gasteiger partial charge in [0.1, 0.15) is 11.6 Å². The van der Waals surface area contributed by atoms with Gasteiger partial charge < -0.3 is 0 Å². The molecule has 2 atom stereocenters. The molecular weight excluding hydrogens is 326 g/mol. The summed E-state index contributed by atoms with van der Waals surface area (Å²) >= 11 is 3.22. The van der Waals surface area contributed by atoms with Crippen LogP contribution in [0.1, 0.15) is 29.7 Å². The summed E-state index contributed by atoms with van der Waals surface area (Å²) in [6.07, 6.45) is 1.92. The topological polar surface area (TPSA) is 34.1 Å². The van der Waals surface area contributed by atoms with Gasteiger partial charge in [-0.1, -0.05) is 22.4 Å². The van der Waals surface area contributed by atoms with Crippen LogP contribution in [0.3, 0.4) is 0 Å². The maximum Gasteiger partial charge on any atom is 0.154 e. The zero-order valence-electron chi connectivity index (χ0n) is 9.57. The second-order valence-electron chi connectivity index (χ2n) is 4.47. The average molecular weight is 339 g/mol. The minimum Gasteiger partial charge on any atom is -0.228 e. The number of rotatable bonds is 2. The zero-order valence-corrected chi connectivity index (χ0v) is 12.0. The van der Waals surface area contributed by atoms with Crippen molar-refractivity contribution in [1.29, 1.82) is 0 Å². The summed E-state index contributed by atoms with van der Waals surface area (Å²) in [5.74, 6) is -1.03. The molecule has 0 bridgehead atoms. The van der Waals surface area contributed by atoms with E-state index >= 15 is 0 Å². The molecule has 100 valence electrons. The van der Waals surface area contributed by atoms with Crippen LogP contribution in [0, 0.1) is 11.6 Å². The van der Waals surface area contributed by atoms with Crippen molar-refractivity contribution < 1.29 is 17.2 Å². The van der Waals surface area contributed by atoms with Crippen LogP contribution in [0.4, 0.5) is 8.78 Å². The molecule has 0 radical (unpaired) electrons. The van der Waals surface area contributed by atoms with Gasteiger partial charge in [-0.25, -0.2) is 17.2 Å². The van der Waals surface area contributed by atoms with E-state index in [9.17, 15) is 17.2 Å². The summed E-state index contributed by atoms with van der Waals surface area (Å²) in [5, 5.41) is -0.678. The van der Waals surface area contributed by atoms with Gasteiger partial charge in [0.05, 0.1) is 15.8 Å². The second kappa shape index (κ2) is 5.25. The average Bonchev–Trinajstić information content (AvgIpc) is 2.31. The van der Waals surface area contributed by atoms with E-state index < -0.39 is 31.5 Å². The highest BCUT2D eigenvalue weighted by Gasteiger charge is 2.36. The Morgan fingerprint density at radius 1 is 1.28 bits per heavy atom. The van der Waals surface area contributed by atoms with Crippen molar-refractivity contribution in [3.63, 3.8) is 0 Å². The van der Waals surface area contributed by atoms with E-state index in [1.54, 1.807) is 0 Å². The van der Waals surface area contributed by atoms with Crippen molar-refractivity contribution in [2.75, 3.05) is 5.75 Å². The molecule has 1 aliphatic heterocycles. The smallest absolute Gasteiger partial charge is 0.154 e. The minimum atomic E-state index is -3.24. The van der Waals surface area contributed by atoms with Crippen LogP contribution in [0.15, 0.2) is 18.2 Å². The van der Waals surface area contributed by atoms with Crippen molar-refractivity contribution in [1.82, 2.24) is 0 Å². The van der Waals surface area contributed by atoms with Crippen LogP contribution in [-0.4, -0.2) is 19.4 Å². The van der Waals surface area contributed by atoms with Gasteiger partial charge in [-0.05, 0) is 31.0 Å². The molecule has 1 aromatic carbocycles. The van der Waals surface area contributed by atoms with Crippen molar-refractivity contribution in [2.24, 2.45) is 0 Å². The molecule has 6 heteroatoms. The van der Waals surface area contributed by atoms with Gasteiger partial charge in [0.25, 0.3) is 0 Å². The fourth-order valence-electron chi connectivity index (χ4n) is 2.23. The fourth-order valence-corrected chi connectivity index (χ4v) is 5.78. The van der Waals surface area contributed by atoms with Gasteiger partial charge in [0.15, 0.2) is 9.84 Å². The first kappa shape index (κ1) is 13.9. The maximum atomic E-state index is 13.6. The van der Waals surface area contributed by atoms with E-state index in [2.05, 4.69) is 15.9 Å². The third kappa shape index (κ3) is 2.74. The zero-order chi connectivity index (χ0) is 13.3. The summed E-state index contributed by atoms with van der Waals surface area (Å²) in [6, 6.07) is 3.10. The van der Waals surface area contributed by atoms with Crippen molar-refractivity contribution in [2.45, 2.75) is 29.3 Å². The van der Waals surface area contributed by atoms with Crippen LogP contribution < -0.4 is 0 Å². The molecule has 2 unspecified atom stereocenters. The number of sulfone groups is 1. The lowest BCUT2D eigenvalue weighted by Gasteiger charge is -2.27. The van der Waals surface area contributed by atoms with Gasteiger partial charge in [-0.3, -0.25) is 0 Å². The van der Waals surface area contributed by atoms with Gasteiger partial charge in [-0.15, -0.1) is 0 Å². The van der Waals surface area contributed by atoms with Crippen LogP contribution >= 0.6 is 15.9 Å². The third-order valence-corrected chi connectivity index (χ3v) is 6.98. The quantitative estimate of drug-likeness (QED) is 0.775. The molecule has 18 heavy (non-hydrogen) atoms. The molecule has 0 saturated carbocycles. The van der Waals surface area contributed by atoms with E-state index in [4.69, 9.17) is 0 Å². The van der Waals surface area contributed by atoms with Crippen LogP contribution in [0.25, 0.3) is 0 Å². The van der Waals surface area contributed by atoms with Gasteiger partial charge in [0.2, 0.25) is 0 Å². The first-order chi connectivity index (χ1) is 8.42. The summed E-state index contributed by atoms with van der Waals surface area (Å²) in [5.41, 5.74) is 0.0745. The van der Waals surface area contributed by atoms with E-state index in [0.29, 0.717) is 12.8 Å². The Balaban J connectivity index is 2.35. The molecule has 0 N–H and O–H groups in total. The predicted octanol–water partition coefficient (Wildman–Crippen LogP) is 3.37. The molecule has 0 amide bonds. The lowest BCUT2D eigenvalue weighted by atomic mass is 10.0. The molecule has 1 aliphatic rings. The highest BCUT2D eigenvalue weighted by molar-refractivity contribution is 9.09. The van der Waals surface area contributed by atoms with Gasteiger partial charge in [-0.2, -0.15) is 0 Å². The first-order valence-corrected chi connectivity index (χ1v) is 8.35. The normalized spacial score (nSPS) is 24.7. The molecule has 1 saturated heterocycles. The van der Waals surface area contributed by atoms with Crippen molar-refractivity contribution in [3.8, 4) is 0 Å². The largest absolute Gasteiger partial charge is 0.228 e. The highest BCUT2D eigenvalue weighted by atomic mass is 79.9. The van der Waals surface area contributed by atoms with Crippen molar-refractivity contribution in [3.05, 3.63) is 35.4 Å². The Morgan fingerprint density at radius 3 is 2.67 bits per heavy atom. The summed E-state index contributed by atoms with van der Waals surface area (Å²) < 4.78 is 50.7. The number of halogens is 3. The second-order valence-corrected chi connectivity index (χ2v) is 7.79. The summed E-state index contributed by atoms with van der Waals surface area (Å²) in [4.78, 5) is -0.696. The number of alkyl halides is 1. The third-order valence-electron chi connectivity index (χ3n) is 3.21.